The fourth-order valence-corrected chi connectivity index (χ4v) is 4.05. The van der Waals surface area contributed by atoms with E-state index in [1.54, 1.807) is 0 Å². The zero-order valence-corrected chi connectivity index (χ0v) is 18.1. The lowest BCUT2D eigenvalue weighted by Gasteiger charge is -2.11. The van der Waals surface area contributed by atoms with Crippen molar-refractivity contribution in [3.05, 3.63) is 71.8 Å². The highest BCUT2D eigenvalue weighted by Gasteiger charge is 2.46. The molecule has 0 amide bonds. The first kappa shape index (κ1) is 21.4. The van der Waals surface area contributed by atoms with E-state index in [-0.39, 0.29) is 11.5 Å². The largest absolute Gasteiger partial charge is 0.586 e. The third kappa shape index (κ3) is 4.73. The molecule has 0 N–H and O–H groups in total. The number of aryl methyl sites for hydroxylation is 2. The van der Waals surface area contributed by atoms with Gasteiger partial charge in [-0.05, 0) is 53.6 Å². The lowest BCUT2D eigenvalue weighted by Crippen LogP contribution is -2.26. The highest BCUT2D eigenvalue weighted by Crippen LogP contribution is 2.52. The predicted octanol–water partition coefficient (Wildman–Crippen LogP) is 8.03. The summed E-state index contributed by atoms with van der Waals surface area (Å²) in [5.41, 5.74) is 5.35. The van der Waals surface area contributed by atoms with Crippen molar-refractivity contribution < 1.29 is 18.3 Å². The van der Waals surface area contributed by atoms with Crippen LogP contribution in [0.2, 0.25) is 0 Å². The number of ether oxygens (including phenoxy) is 2. The molecule has 0 spiro atoms. The second-order valence-electron chi connectivity index (χ2n) is 8.09. The molecule has 0 saturated heterocycles. The van der Waals surface area contributed by atoms with E-state index in [9.17, 15) is 8.78 Å². The minimum atomic E-state index is -3.67. The van der Waals surface area contributed by atoms with Gasteiger partial charge in [-0.1, -0.05) is 81.6 Å². The second kappa shape index (κ2) is 9.09. The van der Waals surface area contributed by atoms with Crippen LogP contribution in [0.1, 0.15) is 50.7 Å². The van der Waals surface area contributed by atoms with Crippen LogP contribution in [-0.2, 0) is 12.8 Å². The summed E-state index contributed by atoms with van der Waals surface area (Å²) in [6.07, 6.45) is 2.94. The van der Waals surface area contributed by atoms with E-state index in [0.29, 0.717) is 11.1 Å². The molecule has 4 heteroatoms. The molecule has 1 aliphatic heterocycles. The van der Waals surface area contributed by atoms with Crippen molar-refractivity contribution in [2.24, 2.45) is 0 Å². The van der Waals surface area contributed by atoms with Gasteiger partial charge in [0.05, 0.1) is 0 Å². The Balaban J connectivity index is 1.67. The lowest BCUT2D eigenvalue weighted by molar-refractivity contribution is -0.286. The van der Waals surface area contributed by atoms with Gasteiger partial charge < -0.3 is 9.47 Å². The van der Waals surface area contributed by atoms with Gasteiger partial charge in [0.1, 0.15) is 0 Å². The quantitative estimate of drug-likeness (QED) is 0.342. The summed E-state index contributed by atoms with van der Waals surface area (Å²) in [4.78, 5) is 0. The van der Waals surface area contributed by atoms with Crippen molar-refractivity contribution >= 4 is 0 Å². The standard InChI is InChI=1S/C27H28F2O2/c1-3-5-6-8-20-11-15-22(16-12-20)24-18-17-23(25-26(24)31-27(28,29)30-25)21-13-9-19(7-4-2)10-14-21/h9-18H,3-8H2,1-2H3. The second-order valence-corrected chi connectivity index (χ2v) is 8.09. The number of unbranched alkanes of at least 4 members (excludes halogenated alkanes) is 2. The molecular formula is C27H28F2O2. The monoisotopic (exact) mass is 422 g/mol. The first-order chi connectivity index (χ1) is 15.0. The molecule has 0 bridgehead atoms. The van der Waals surface area contributed by atoms with Crippen LogP contribution >= 0.6 is 0 Å². The molecule has 0 saturated carbocycles. The summed E-state index contributed by atoms with van der Waals surface area (Å²) in [7, 11) is 0. The Morgan fingerprint density at radius 2 is 1.10 bits per heavy atom. The van der Waals surface area contributed by atoms with Gasteiger partial charge in [0.25, 0.3) is 0 Å². The molecule has 1 heterocycles. The summed E-state index contributed by atoms with van der Waals surface area (Å²) in [5.74, 6) is 0.191. The van der Waals surface area contributed by atoms with E-state index in [1.165, 1.54) is 24.0 Å². The van der Waals surface area contributed by atoms with Gasteiger partial charge in [-0.2, -0.15) is 0 Å². The molecule has 2 nitrogen and oxygen atoms in total. The van der Waals surface area contributed by atoms with E-state index < -0.39 is 6.29 Å². The van der Waals surface area contributed by atoms with Gasteiger partial charge in [-0.3, -0.25) is 0 Å². The summed E-state index contributed by atoms with van der Waals surface area (Å²) in [6, 6.07) is 19.7. The van der Waals surface area contributed by atoms with Crippen molar-refractivity contribution in [1.29, 1.82) is 0 Å². The normalized spacial score (nSPS) is 14.1. The third-order valence-electron chi connectivity index (χ3n) is 5.69. The Hall–Kier alpha value is -2.88. The number of hydrogen-bond acceptors (Lipinski definition) is 2. The van der Waals surface area contributed by atoms with E-state index >= 15 is 0 Å². The Bertz CT molecular complexity index is 1020. The maximum Gasteiger partial charge on any atom is 0.586 e. The highest BCUT2D eigenvalue weighted by molar-refractivity contribution is 5.84. The Kier molecular flexibility index (Phi) is 6.26. The first-order valence-corrected chi connectivity index (χ1v) is 11.1. The molecule has 0 fully saturated rings. The van der Waals surface area contributed by atoms with Gasteiger partial charge in [0, 0.05) is 11.1 Å². The fourth-order valence-electron chi connectivity index (χ4n) is 4.05. The fraction of sp³-hybridized carbons (Fsp3) is 0.333. The average Bonchev–Trinajstić information content (AvgIpc) is 3.10. The van der Waals surface area contributed by atoms with E-state index in [2.05, 4.69) is 26.0 Å². The average molecular weight is 423 g/mol. The minimum Gasteiger partial charge on any atom is -0.395 e. The lowest BCUT2D eigenvalue weighted by atomic mass is 9.96. The molecule has 1 aliphatic rings. The molecule has 0 aromatic heterocycles. The molecular weight excluding hydrogens is 394 g/mol. The van der Waals surface area contributed by atoms with E-state index in [1.807, 2.05) is 48.5 Å². The third-order valence-corrected chi connectivity index (χ3v) is 5.69. The number of halogens is 2. The van der Waals surface area contributed by atoms with Crippen LogP contribution in [0.5, 0.6) is 11.5 Å². The number of benzene rings is 3. The molecule has 0 unspecified atom stereocenters. The Morgan fingerprint density at radius 3 is 1.55 bits per heavy atom. The van der Waals surface area contributed by atoms with E-state index in [0.717, 1.165) is 36.8 Å². The van der Waals surface area contributed by atoms with Gasteiger partial charge in [0.15, 0.2) is 11.5 Å². The number of fused-ring (bicyclic) bond motifs is 1. The van der Waals surface area contributed by atoms with Crippen molar-refractivity contribution in [1.82, 2.24) is 0 Å². The Labute approximate surface area is 182 Å². The molecule has 162 valence electrons. The zero-order chi connectivity index (χ0) is 21.8. The topological polar surface area (TPSA) is 18.5 Å². The number of hydrogen-bond donors (Lipinski definition) is 0. The van der Waals surface area contributed by atoms with Crippen molar-refractivity contribution in [2.75, 3.05) is 0 Å². The first-order valence-electron chi connectivity index (χ1n) is 11.1. The van der Waals surface area contributed by atoms with Crippen molar-refractivity contribution in [3.8, 4) is 33.8 Å². The molecule has 31 heavy (non-hydrogen) atoms. The van der Waals surface area contributed by atoms with Gasteiger partial charge >= 0.3 is 6.29 Å². The van der Waals surface area contributed by atoms with Crippen LogP contribution in [0.3, 0.4) is 0 Å². The van der Waals surface area contributed by atoms with Crippen LogP contribution in [0.25, 0.3) is 22.3 Å². The Morgan fingerprint density at radius 1 is 0.613 bits per heavy atom. The number of alkyl halides is 2. The maximum atomic E-state index is 14.1. The summed E-state index contributed by atoms with van der Waals surface area (Å²) in [6.45, 7) is 4.31. The molecule has 0 radical (unpaired) electrons. The molecule has 3 aromatic rings. The summed E-state index contributed by atoms with van der Waals surface area (Å²) in [5, 5.41) is 0. The smallest absolute Gasteiger partial charge is 0.395 e. The van der Waals surface area contributed by atoms with Crippen molar-refractivity contribution in [3.63, 3.8) is 0 Å². The van der Waals surface area contributed by atoms with Crippen LogP contribution in [0.4, 0.5) is 8.78 Å². The van der Waals surface area contributed by atoms with Crippen LogP contribution in [-0.4, -0.2) is 6.29 Å². The van der Waals surface area contributed by atoms with Crippen LogP contribution < -0.4 is 9.47 Å². The molecule has 3 aromatic carbocycles. The highest BCUT2D eigenvalue weighted by atomic mass is 19.3. The predicted molar refractivity (Wildman–Crippen MR) is 121 cm³/mol. The minimum absolute atomic E-state index is 0.0952. The molecule has 0 atom stereocenters. The summed E-state index contributed by atoms with van der Waals surface area (Å²) < 4.78 is 38.1. The number of rotatable bonds is 8. The molecule has 4 rings (SSSR count). The van der Waals surface area contributed by atoms with Crippen LogP contribution in [0, 0.1) is 0 Å². The van der Waals surface area contributed by atoms with Gasteiger partial charge in [-0.15, -0.1) is 8.78 Å². The van der Waals surface area contributed by atoms with Gasteiger partial charge in [0.2, 0.25) is 0 Å². The zero-order valence-electron chi connectivity index (χ0n) is 18.1. The van der Waals surface area contributed by atoms with Gasteiger partial charge in [-0.25, -0.2) is 0 Å². The van der Waals surface area contributed by atoms with Crippen molar-refractivity contribution in [2.45, 2.75) is 58.7 Å². The SMILES string of the molecule is CCCCCc1ccc(-c2ccc(-c3ccc(CCC)cc3)c3c2OC(F)(F)O3)cc1. The summed E-state index contributed by atoms with van der Waals surface area (Å²) >= 11 is 0. The van der Waals surface area contributed by atoms with E-state index in [4.69, 9.17) is 9.47 Å². The van der Waals surface area contributed by atoms with Crippen LogP contribution in [0.15, 0.2) is 60.7 Å². The molecule has 0 aliphatic carbocycles. The maximum absolute atomic E-state index is 14.1.